The van der Waals surface area contributed by atoms with E-state index < -0.39 is 0 Å². The molecule has 0 spiro atoms. The Balaban J connectivity index is 1.90. The Morgan fingerprint density at radius 2 is 1.75 bits per heavy atom. The number of carbonyl (C=O) groups is 2. The summed E-state index contributed by atoms with van der Waals surface area (Å²) >= 11 is 0. The molecule has 1 aromatic rings. The number of para-hydroxylation sites is 1. The van der Waals surface area contributed by atoms with Crippen LogP contribution in [0.4, 0.5) is 5.69 Å². The maximum atomic E-state index is 13.2. The Morgan fingerprint density at radius 1 is 1.04 bits per heavy atom. The van der Waals surface area contributed by atoms with E-state index in [1.54, 1.807) is 4.90 Å². The highest BCUT2D eigenvalue weighted by atomic mass is 16.2. The first-order valence-corrected chi connectivity index (χ1v) is 9.41. The van der Waals surface area contributed by atoms with Gasteiger partial charge in [-0.15, -0.1) is 0 Å². The van der Waals surface area contributed by atoms with Gasteiger partial charge in [-0.1, -0.05) is 38.0 Å². The number of rotatable bonds is 3. The Morgan fingerprint density at radius 3 is 2.46 bits per heavy atom. The summed E-state index contributed by atoms with van der Waals surface area (Å²) in [4.78, 5) is 29.8. The van der Waals surface area contributed by atoms with Gasteiger partial charge in [0.05, 0.1) is 0 Å². The molecule has 4 nitrogen and oxygen atoms in total. The highest BCUT2D eigenvalue weighted by Gasteiger charge is 2.34. The average molecular weight is 328 g/mol. The second-order valence-electron chi connectivity index (χ2n) is 6.91. The summed E-state index contributed by atoms with van der Waals surface area (Å²) in [7, 11) is 0. The number of aryl methyl sites for hydroxylation is 1. The number of benzene rings is 1. The van der Waals surface area contributed by atoms with Crippen molar-refractivity contribution in [3.8, 4) is 0 Å². The molecule has 130 valence electrons. The van der Waals surface area contributed by atoms with Crippen molar-refractivity contribution in [3.63, 3.8) is 0 Å². The third-order valence-electron chi connectivity index (χ3n) is 5.26. The summed E-state index contributed by atoms with van der Waals surface area (Å²) in [6.45, 7) is 3.68. The molecule has 24 heavy (non-hydrogen) atoms. The van der Waals surface area contributed by atoms with E-state index in [9.17, 15) is 9.59 Å². The highest BCUT2D eigenvalue weighted by Crippen LogP contribution is 2.30. The molecule has 1 saturated heterocycles. The maximum Gasteiger partial charge on any atom is 0.245 e. The van der Waals surface area contributed by atoms with Gasteiger partial charge in [0, 0.05) is 25.2 Å². The lowest BCUT2D eigenvalue weighted by Gasteiger charge is -2.34. The van der Waals surface area contributed by atoms with Gasteiger partial charge in [-0.05, 0) is 43.7 Å². The minimum absolute atomic E-state index is 0.0926. The predicted octanol–water partition coefficient (Wildman–Crippen LogP) is 3.54. The summed E-state index contributed by atoms with van der Waals surface area (Å²) < 4.78 is 0. The van der Waals surface area contributed by atoms with Gasteiger partial charge in [-0.25, -0.2) is 0 Å². The first-order chi connectivity index (χ1) is 11.7. The Hall–Kier alpha value is -1.84. The molecule has 2 aliphatic heterocycles. The second kappa shape index (κ2) is 7.82. The van der Waals surface area contributed by atoms with E-state index in [1.165, 1.54) is 18.4 Å². The van der Waals surface area contributed by atoms with E-state index in [1.807, 2.05) is 30.0 Å². The van der Waals surface area contributed by atoms with Crippen molar-refractivity contribution in [2.45, 2.75) is 64.3 Å². The largest absolute Gasteiger partial charge is 0.341 e. The van der Waals surface area contributed by atoms with Crippen LogP contribution in [0, 0.1) is 0 Å². The summed E-state index contributed by atoms with van der Waals surface area (Å²) in [6, 6.07) is 7.70. The molecule has 0 radical (unpaired) electrons. The van der Waals surface area contributed by atoms with Crippen LogP contribution in [-0.4, -0.2) is 35.8 Å². The molecule has 1 aromatic carbocycles. The summed E-state index contributed by atoms with van der Waals surface area (Å²) in [6.07, 6.45) is 7.51. The molecular formula is C20H28N2O2. The Kier molecular flexibility index (Phi) is 5.54. The first kappa shape index (κ1) is 17.0. The van der Waals surface area contributed by atoms with Crippen molar-refractivity contribution in [2.24, 2.45) is 0 Å². The van der Waals surface area contributed by atoms with Gasteiger partial charge in [-0.3, -0.25) is 14.5 Å². The third kappa shape index (κ3) is 3.47. The average Bonchev–Trinajstić information content (AvgIpc) is 2.96. The van der Waals surface area contributed by atoms with E-state index in [-0.39, 0.29) is 17.9 Å². The summed E-state index contributed by atoms with van der Waals surface area (Å²) in [5.74, 6) is 0.222. The monoisotopic (exact) mass is 328 g/mol. The van der Waals surface area contributed by atoms with Gasteiger partial charge in [0.1, 0.15) is 6.04 Å². The van der Waals surface area contributed by atoms with E-state index in [0.29, 0.717) is 12.8 Å². The molecule has 4 heteroatoms. The number of amides is 2. The minimum Gasteiger partial charge on any atom is -0.341 e. The van der Waals surface area contributed by atoms with Crippen molar-refractivity contribution >= 4 is 17.5 Å². The molecule has 2 aliphatic rings. The zero-order valence-corrected chi connectivity index (χ0v) is 14.7. The van der Waals surface area contributed by atoms with Crippen molar-refractivity contribution in [2.75, 3.05) is 18.0 Å². The standard InChI is InChI=1S/C20H28N2O2/c1-2-17(20(24)21-14-7-3-4-8-15-21)22-18-12-6-5-10-16(18)11-9-13-19(22)23/h5-6,10,12,17H,2-4,7-9,11,13-15H2,1H3. The number of fused-ring (bicyclic) bond motifs is 1. The fourth-order valence-corrected chi connectivity index (χ4v) is 3.95. The molecule has 1 unspecified atom stereocenters. The van der Waals surface area contributed by atoms with Crippen LogP contribution < -0.4 is 4.90 Å². The van der Waals surface area contributed by atoms with Crippen LogP contribution >= 0.6 is 0 Å². The van der Waals surface area contributed by atoms with E-state index in [0.717, 1.165) is 44.5 Å². The van der Waals surface area contributed by atoms with E-state index in [4.69, 9.17) is 0 Å². The van der Waals surface area contributed by atoms with Gasteiger partial charge in [0.2, 0.25) is 11.8 Å². The molecule has 2 heterocycles. The molecule has 0 aromatic heterocycles. The fourth-order valence-electron chi connectivity index (χ4n) is 3.95. The lowest BCUT2D eigenvalue weighted by Crippen LogP contribution is -2.51. The molecule has 0 aliphatic carbocycles. The number of hydrogen-bond acceptors (Lipinski definition) is 2. The molecule has 1 atom stereocenters. The topological polar surface area (TPSA) is 40.6 Å². The summed E-state index contributed by atoms with van der Waals surface area (Å²) in [5.41, 5.74) is 2.13. The number of carbonyl (C=O) groups excluding carboxylic acids is 2. The molecular weight excluding hydrogens is 300 g/mol. The molecule has 3 rings (SSSR count). The zero-order chi connectivity index (χ0) is 16.9. The van der Waals surface area contributed by atoms with Crippen molar-refractivity contribution in [3.05, 3.63) is 29.8 Å². The molecule has 0 bridgehead atoms. The molecule has 0 N–H and O–H groups in total. The van der Waals surface area contributed by atoms with Crippen LogP contribution in [0.3, 0.4) is 0 Å². The number of anilines is 1. The van der Waals surface area contributed by atoms with Gasteiger partial charge < -0.3 is 4.90 Å². The first-order valence-electron chi connectivity index (χ1n) is 9.41. The van der Waals surface area contributed by atoms with Gasteiger partial charge >= 0.3 is 0 Å². The van der Waals surface area contributed by atoms with Gasteiger partial charge in [0.15, 0.2) is 0 Å². The molecule has 0 saturated carbocycles. The van der Waals surface area contributed by atoms with Crippen molar-refractivity contribution < 1.29 is 9.59 Å². The van der Waals surface area contributed by atoms with Crippen molar-refractivity contribution in [1.29, 1.82) is 0 Å². The SMILES string of the molecule is CCC(C(=O)N1CCCCCC1)N1C(=O)CCCc2ccccc21. The van der Waals surface area contributed by atoms with E-state index >= 15 is 0 Å². The Labute approximate surface area is 144 Å². The predicted molar refractivity (Wildman–Crippen MR) is 96.0 cm³/mol. The molecule has 2 amide bonds. The minimum atomic E-state index is -0.366. The lowest BCUT2D eigenvalue weighted by molar-refractivity contribution is -0.134. The number of likely N-dealkylation sites (tertiary alicyclic amines) is 1. The normalized spacial score (nSPS) is 20.1. The number of nitrogens with zero attached hydrogens (tertiary/aromatic N) is 2. The van der Waals surface area contributed by atoms with Gasteiger partial charge in [-0.2, -0.15) is 0 Å². The van der Waals surface area contributed by atoms with Crippen LogP contribution in [0.5, 0.6) is 0 Å². The van der Waals surface area contributed by atoms with Crippen LogP contribution in [0.2, 0.25) is 0 Å². The molecule has 1 fully saturated rings. The van der Waals surface area contributed by atoms with Crippen LogP contribution in [-0.2, 0) is 16.0 Å². The van der Waals surface area contributed by atoms with E-state index in [2.05, 4.69) is 6.07 Å². The Bertz CT molecular complexity index is 591. The quantitative estimate of drug-likeness (QED) is 0.851. The number of hydrogen-bond donors (Lipinski definition) is 0. The van der Waals surface area contributed by atoms with Crippen LogP contribution in [0.15, 0.2) is 24.3 Å². The second-order valence-corrected chi connectivity index (χ2v) is 6.91. The highest BCUT2D eigenvalue weighted by molar-refractivity contribution is 6.01. The fraction of sp³-hybridized carbons (Fsp3) is 0.600. The third-order valence-corrected chi connectivity index (χ3v) is 5.26. The summed E-state index contributed by atoms with van der Waals surface area (Å²) in [5, 5.41) is 0. The van der Waals surface area contributed by atoms with Gasteiger partial charge in [0.25, 0.3) is 0 Å². The lowest BCUT2D eigenvalue weighted by atomic mass is 10.1. The zero-order valence-electron chi connectivity index (χ0n) is 14.7. The maximum absolute atomic E-state index is 13.2. The van der Waals surface area contributed by atoms with Crippen molar-refractivity contribution in [1.82, 2.24) is 4.90 Å². The smallest absolute Gasteiger partial charge is 0.245 e. The van der Waals surface area contributed by atoms with Crippen LogP contribution in [0.1, 0.15) is 57.4 Å². The van der Waals surface area contributed by atoms with Crippen LogP contribution in [0.25, 0.3) is 0 Å².